The van der Waals surface area contributed by atoms with Gasteiger partial charge in [0.05, 0.1) is 18.5 Å². The molecule has 1 atom stereocenters. The Bertz CT molecular complexity index is 1110. The van der Waals surface area contributed by atoms with Crippen LogP contribution in [0, 0.1) is 0 Å². The van der Waals surface area contributed by atoms with E-state index in [0.717, 1.165) is 31.5 Å². The van der Waals surface area contributed by atoms with E-state index in [0.29, 0.717) is 35.0 Å². The van der Waals surface area contributed by atoms with Gasteiger partial charge in [-0.05, 0) is 38.3 Å². The van der Waals surface area contributed by atoms with Crippen LogP contribution in [-0.2, 0) is 6.42 Å². The highest BCUT2D eigenvalue weighted by molar-refractivity contribution is 6.09. The summed E-state index contributed by atoms with van der Waals surface area (Å²) < 4.78 is 7.51. The minimum absolute atomic E-state index is 0.0990. The Hall–Kier alpha value is -3.20. The predicted octanol–water partition coefficient (Wildman–Crippen LogP) is 2.05. The Balaban J connectivity index is 1.51. The summed E-state index contributed by atoms with van der Waals surface area (Å²) in [4.78, 5) is 24.3. The SMILES string of the molecule is C[C@@]1(CO)Cc2cc(NC(=O)c3cnn4cccnc34)c(N3CCCCC3)nc2O1. The number of ether oxygens (including phenoxy) is 1. The highest BCUT2D eigenvalue weighted by Gasteiger charge is 2.37. The molecule has 0 aromatic carbocycles. The molecule has 0 radical (unpaired) electrons. The Morgan fingerprint density at radius 2 is 2.17 bits per heavy atom. The molecule has 0 saturated carbocycles. The molecular formula is C21H24N6O3. The summed E-state index contributed by atoms with van der Waals surface area (Å²) in [5, 5.41) is 16.9. The summed E-state index contributed by atoms with van der Waals surface area (Å²) in [6.07, 6.45) is 8.80. The minimum Gasteiger partial charge on any atom is -0.468 e. The summed E-state index contributed by atoms with van der Waals surface area (Å²) >= 11 is 0. The molecule has 0 unspecified atom stereocenters. The minimum atomic E-state index is -0.691. The van der Waals surface area contributed by atoms with Gasteiger partial charge in [-0.15, -0.1) is 0 Å². The van der Waals surface area contributed by atoms with Crippen LogP contribution >= 0.6 is 0 Å². The van der Waals surface area contributed by atoms with Crippen molar-refractivity contribution in [2.24, 2.45) is 0 Å². The Kier molecular flexibility index (Phi) is 4.54. The van der Waals surface area contributed by atoms with Gasteiger partial charge in [-0.1, -0.05) is 0 Å². The molecule has 156 valence electrons. The molecule has 5 rings (SSSR count). The van der Waals surface area contributed by atoms with Crippen molar-refractivity contribution in [3.05, 3.63) is 41.9 Å². The van der Waals surface area contributed by atoms with Crippen LogP contribution < -0.4 is 15.0 Å². The number of rotatable bonds is 4. The van der Waals surface area contributed by atoms with E-state index in [-0.39, 0.29) is 12.5 Å². The standard InChI is InChI=1S/C21H24N6O3/c1-21(13-28)11-14-10-16(18(25-20(14)30-21)26-7-3-2-4-8-26)24-19(29)15-12-23-27-9-5-6-22-17(15)27/h5-6,9-10,12,28H,2-4,7-8,11,13H2,1H3,(H,24,29)/t21-/m0/s1. The van der Waals surface area contributed by atoms with Gasteiger partial charge in [0.25, 0.3) is 5.91 Å². The molecule has 0 aliphatic carbocycles. The van der Waals surface area contributed by atoms with Crippen LogP contribution in [0.3, 0.4) is 0 Å². The van der Waals surface area contributed by atoms with Crippen LogP contribution in [0.25, 0.3) is 5.65 Å². The Morgan fingerprint density at radius 1 is 1.33 bits per heavy atom. The Labute approximate surface area is 173 Å². The molecule has 3 aromatic rings. The van der Waals surface area contributed by atoms with E-state index in [1.165, 1.54) is 12.6 Å². The monoisotopic (exact) mass is 408 g/mol. The average Bonchev–Trinajstić information content (AvgIpc) is 3.34. The molecule has 2 N–H and O–H groups in total. The number of pyridine rings is 1. The van der Waals surface area contributed by atoms with Gasteiger partial charge in [0.1, 0.15) is 11.2 Å². The van der Waals surface area contributed by atoms with Crippen molar-refractivity contribution in [3.63, 3.8) is 0 Å². The number of amides is 1. The van der Waals surface area contributed by atoms with Crippen molar-refractivity contribution in [1.82, 2.24) is 19.6 Å². The zero-order chi connectivity index (χ0) is 20.7. The molecule has 1 fully saturated rings. The van der Waals surface area contributed by atoms with Crippen LogP contribution in [0.5, 0.6) is 5.88 Å². The third-order valence-electron chi connectivity index (χ3n) is 5.71. The number of hydrogen-bond donors (Lipinski definition) is 2. The second-order valence-electron chi connectivity index (χ2n) is 8.16. The van der Waals surface area contributed by atoms with E-state index in [4.69, 9.17) is 9.72 Å². The molecule has 1 saturated heterocycles. The van der Waals surface area contributed by atoms with Gasteiger partial charge in [0.2, 0.25) is 5.88 Å². The Morgan fingerprint density at radius 3 is 2.97 bits per heavy atom. The van der Waals surface area contributed by atoms with E-state index in [1.54, 1.807) is 23.0 Å². The summed E-state index contributed by atoms with van der Waals surface area (Å²) in [7, 11) is 0. The van der Waals surface area contributed by atoms with Gasteiger partial charge in [-0.25, -0.2) is 9.50 Å². The molecule has 5 heterocycles. The maximum absolute atomic E-state index is 13.1. The van der Waals surface area contributed by atoms with Crippen molar-refractivity contribution in [3.8, 4) is 5.88 Å². The van der Waals surface area contributed by atoms with Crippen molar-refractivity contribution in [1.29, 1.82) is 0 Å². The fourth-order valence-corrected chi connectivity index (χ4v) is 4.12. The molecule has 9 heteroatoms. The number of nitrogens with zero attached hydrogens (tertiary/aromatic N) is 5. The first-order valence-corrected chi connectivity index (χ1v) is 10.2. The first-order chi connectivity index (χ1) is 14.6. The summed E-state index contributed by atoms with van der Waals surface area (Å²) in [5.41, 5.74) is 1.73. The van der Waals surface area contributed by atoms with Gasteiger partial charge < -0.3 is 20.1 Å². The zero-order valence-electron chi connectivity index (χ0n) is 16.8. The highest BCUT2D eigenvalue weighted by atomic mass is 16.5. The van der Waals surface area contributed by atoms with E-state index >= 15 is 0 Å². The van der Waals surface area contributed by atoms with Gasteiger partial charge in [0, 0.05) is 37.5 Å². The molecule has 0 spiro atoms. The third kappa shape index (κ3) is 3.24. The quantitative estimate of drug-likeness (QED) is 0.681. The number of aliphatic hydroxyl groups excluding tert-OH is 1. The molecule has 0 bridgehead atoms. The molecule has 30 heavy (non-hydrogen) atoms. The van der Waals surface area contributed by atoms with Crippen LogP contribution in [0.4, 0.5) is 11.5 Å². The first-order valence-electron chi connectivity index (χ1n) is 10.2. The highest BCUT2D eigenvalue weighted by Crippen LogP contribution is 2.39. The number of fused-ring (bicyclic) bond motifs is 2. The lowest BCUT2D eigenvalue weighted by Crippen LogP contribution is -2.34. The van der Waals surface area contributed by atoms with Crippen molar-refractivity contribution < 1.29 is 14.6 Å². The lowest BCUT2D eigenvalue weighted by Gasteiger charge is -2.29. The number of aliphatic hydroxyl groups is 1. The number of carbonyl (C=O) groups excluding carboxylic acids is 1. The lowest BCUT2D eigenvalue weighted by molar-refractivity contribution is 0.0417. The third-order valence-corrected chi connectivity index (χ3v) is 5.71. The molecule has 3 aromatic heterocycles. The van der Waals surface area contributed by atoms with Crippen LogP contribution in [0.2, 0.25) is 0 Å². The van der Waals surface area contributed by atoms with Gasteiger partial charge in [-0.3, -0.25) is 4.79 Å². The molecule has 1 amide bonds. The second kappa shape index (κ2) is 7.24. The second-order valence-corrected chi connectivity index (χ2v) is 8.16. The molecule has 2 aliphatic heterocycles. The van der Waals surface area contributed by atoms with E-state index in [1.807, 2.05) is 13.0 Å². The number of hydrogen-bond acceptors (Lipinski definition) is 7. The van der Waals surface area contributed by atoms with E-state index in [2.05, 4.69) is 20.3 Å². The van der Waals surface area contributed by atoms with Gasteiger partial charge >= 0.3 is 0 Å². The largest absolute Gasteiger partial charge is 0.468 e. The van der Waals surface area contributed by atoms with Crippen molar-refractivity contribution >= 4 is 23.1 Å². The summed E-state index contributed by atoms with van der Waals surface area (Å²) in [6, 6.07) is 3.68. The van der Waals surface area contributed by atoms with Crippen molar-refractivity contribution in [2.75, 3.05) is 29.9 Å². The average molecular weight is 408 g/mol. The molecular weight excluding hydrogens is 384 g/mol. The number of nitrogens with one attached hydrogen (secondary N) is 1. The topological polar surface area (TPSA) is 105 Å². The van der Waals surface area contributed by atoms with Crippen LogP contribution in [-0.4, -0.2) is 55.9 Å². The van der Waals surface area contributed by atoms with Crippen LogP contribution in [0.1, 0.15) is 42.1 Å². The summed E-state index contributed by atoms with van der Waals surface area (Å²) in [6.45, 7) is 3.52. The van der Waals surface area contributed by atoms with Gasteiger partial charge in [0.15, 0.2) is 11.5 Å². The fourth-order valence-electron chi connectivity index (χ4n) is 4.12. The maximum atomic E-state index is 13.1. The molecule has 9 nitrogen and oxygen atoms in total. The fraction of sp³-hybridized carbons (Fsp3) is 0.429. The zero-order valence-corrected chi connectivity index (χ0v) is 16.8. The van der Waals surface area contributed by atoms with E-state index < -0.39 is 5.60 Å². The lowest BCUT2D eigenvalue weighted by atomic mass is 10.0. The summed E-state index contributed by atoms with van der Waals surface area (Å²) in [5.74, 6) is 0.948. The maximum Gasteiger partial charge on any atom is 0.261 e. The number of anilines is 2. The van der Waals surface area contributed by atoms with Crippen molar-refractivity contribution in [2.45, 2.75) is 38.2 Å². The molecule has 2 aliphatic rings. The number of piperidine rings is 1. The number of carbonyl (C=O) groups is 1. The van der Waals surface area contributed by atoms with E-state index in [9.17, 15) is 9.90 Å². The number of aromatic nitrogens is 4. The van der Waals surface area contributed by atoms with Crippen LogP contribution in [0.15, 0.2) is 30.7 Å². The predicted molar refractivity (Wildman–Crippen MR) is 111 cm³/mol. The first kappa shape index (κ1) is 18.8. The smallest absolute Gasteiger partial charge is 0.261 e. The normalized spacial score (nSPS) is 20.8. The van der Waals surface area contributed by atoms with Gasteiger partial charge in [-0.2, -0.15) is 10.1 Å².